The highest BCUT2D eigenvalue weighted by Gasteiger charge is 2.48. The lowest BCUT2D eigenvalue weighted by Gasteiger charge is -2.52. The number of carbonyl (C=O) groups excluding carboxylic acids is 1. The zero-order chi connectivity index (χ0) is 27.6. The van der Waals surface area contributed by atoms with E-state index >= 15 is 0 Å². The maximum atomic E-state index is 14.7. The summed E-state index contributed by atoms with van der Waals surface area (Å²) in [5, 5.41) is 0. The molecule has 3 fully saturated rings. The van der Waals surface area contributed by atoms with Crippen molar-refractivity contribution in [1.29, 1.82) is 0 Å². The van der Waals surface area contributed by atoms with E-state index in [1.807, 2.05) is 0 Å². The van der Waals surface area contributed by atoms with Gasteiger partial charge in [-0.05, 0) is 54.1 Å². The fourth-order valence-corrected chi connectivity index (χ4v) is 5.55. The van der Waals surface area contributed by atoms with Crippen molar-refractivity contribution in [2.45, 2.75) is 25.5 Å². The van der Waals surface area contributed by atoms with Gasteiger partial charge in [-0.25, -0.2) is 26.7 Å². The van der Waals surface area contributed by atoms with Crippen LogP contribution in [0.15, 0.2) is 60.7 Å². The van der Waals surface area contributed by atoms with Gasteiger partial charge in [0.05, 0.1) is 25.3 Å². The molecule has 5 nitrogen and oxygen atoms in total. The number of rotatable bonds is 8. The number of anilines is 1. The number of piperidine rings is 3. The topological polar surface area (TPSA) is 38.8 Å². The van der Waals surface area contributed by atoms with E-state index in [1.54, 1.807) is 12.1 Å². The van der Waals surface area contributed by atoms with E-state index in [2.05, 4.69) is 0 Å². The second kappa shape index (κ2) is 11.2. The molecule has 1 unspecified atom stereocenters. The minimum Gasteiger partial charge on any atom is -0.488 e. The van der Waals surface area contributed by atoms with Crippen molar-refractivity contribution in [1.82, 2.24) is 0 Å². The summed E-state index contributed by atoms with van der Waals surface area (Å²) in [6, 6.07) is 12.9. The molecule has 3 aliphatic rings. The van der Waals surface area contributed by atoms with Gasteiger partial charge in [0, 0.05) is 18.8 Å². The van der Waals surface area contributed by atoms with Crippen molar-refractivity contribution < 1.29 is 40.7 Å². The van der Waals surface area contributed by atoms with E-state index in [9.17, 15) is 26.7 Å². The monoisotopic (exact) mass is 547 g/mol. The van der Waals surface area contributed by atoms with E-state index in [0.29, 0.717) is 29.9 Å². The number of hydrogen-bond donors (Lipinski definition) is 0. The molecular weight excluding hydrogens is 519 g/mol. The standard InChI is InChI=1S/C29H28F5N2O3/c30-21-5-7-22(8-6-21)38-14-13-36-11-9-20(10-12-36)27(18-36)39-29(37)35(26-4-2-1-3-23(26)31)17-19-15-24(32)28(34)25(33)16-19/h1-8,15-16,20,27H,9-14,17-18H2/q+1. The molecule has 0 aliphatic carbocycles. The first-order valence-electron chi connectivity index (χ1n) is 12.8. The Balaban J connectivity index is 1.30. The molecule has 3 heterocycles. The predicted molar refractivity (Wildman–Crippen MR) is 134 cm³/mol. The summed E-state index contributed by atoms with van der Waals surface area (Å²) >= 11 is 0. The van der Waals surface area contributed by atoms with Crippen molar-refractivity contribution in [2.24, 2.45) is 5.92 Å². The van der Waals surface area contributed by atoms with Gasteiger partial charge in [0.25, 0.3) is 0 Å². The number of quaternary nitrogens is 1. The van der Waals surface area contributed by atoms with Crippen molar-refractivity contribution in [3.63, 3.8) is 0 Å². The van der Waals surface area contributed by atoms with Gasteiger partial charge in [-0.2, -0.15) is 0 Å². The highest BCUT2D eigenvalue weighted by Crippen LogP contribution is 2.36. The Morgan fingerprint density at radius 1 is 0.897 bits per heavy atom. The summed E-state index contributed by atoms with van der Waals surface area (Å²) in [7, 11) is 0. The summed E-state index contributed by atoms with van der Waals surface area (Å²) < 4.78 is 81.5. The van der Waals surface area contributed by atoms with Gasteiger partial charge in [-0.3, -0.25) is 4.90 Å². The Morgan fingerprint density at radius 2 is 1.56 bits per heavy atom. The summed E-state index contributed by atoms with van der Waals surface area (Å²) in [6.45, 7) is 3.00. The van der Waals surface area contributed by atoms with Crippen LogP contribution in [0.2, 0.25) is 0 Å². The Kier molecular flexibility index (Phi) is 7.74. The smallest absolute Gasteiger partial charge is 0.415 e. The molecule has 3 aromatic carbocycles. The Hall–Kier alpha value is -3.66. The van der Waals surface area contributed by atoms with Crippen LogP contribution in [0.4, 0.5) is 32.4 Å². The number of para-hydroxylation sites is 1. The normalized spacial score (nSPS) is 22.0. The number of carbonyl (C=O) groups is 1. The maximum absolute atomic E-state index is 14.7. The van der Waals surface area contributed by atoms with Crippen LogP contribution >= 0.6 is 0 Å². The molecular formula is C29H28F5N2O3+. The number of nitrogens with zero attached hydrogens (tertiary/aromatic N) is 2. The number of halogens is 5. The predicted octanol–water partition coefficient (Wildman–Crippen LogP) is 6.21. The van der Waals surface area contributed by atoms with E-state index < -0.39 is 42.0 Å². The number of hydrogen-bond acceptors (Lipinski definition) is 3. The van der Waals surface area contributed by atoms with E-state index in [4.69, 9.17) is 9.47 Å². The Bertz CT molecular complexity index is 1310. The van der Waals surface area contributed by atoms with Crippen LogP contribution in [0.1, 0.15) is 18.4 Å². The molecule has 0 N–H and O–H groups in total. The van der Waals surface area contributed by atoms with Crippen molar-refractivity contribution in [3.05, 3.63) is 95.3 Å². The molecule has 10 heteroatoms. The van der Waals surface area contributed by atoms with Gasteiger partial charge in [-0.15, -0.1) is 0 Å². The Morgan fingerprint density at radius 3 is 2.23 bits per heavy atom. The maximum Gasteiger partial charge on any atom is 0.415 e. The third-order valence-electron chi connectivity index (χ3n) is 7.69. The molecule has 3 aliphatic heterocycles. The molecule has 0 saturated carbocycles. The molecule has 206 valence electrons. The number of fused-ring (bicyclic) bond motifs is 3. The second-order valence-corrected chi connectivity index (χ2v) is 10.2. The quantitative estimate of drug-likeness (QED) is 0.191. The van der Waals surface area contributed by atoms with Gasteiger partial charge in [-0.1, -0.05) is 12.1 Å². The van der Waals surface area contributed by atoms with E-state index in [1.165, 1.54) is 30.3 Å². The first-order chi connectivity index (χ1) is 18.7. The van der Waals surface area contributed by atoms with Crippen LogP contribution in [0, 0.1) is 35.0 Å². The average Bonchev–Trinajstić information content (AvgIpc) is 2.92. The lowest BCUT2D eigenvalue weighted by molar-refractivity contribution is -0.946. The molecule has 0 radical (unpaired) electrons. The fourth-order valence-electron chi connectivity index (χ4n) is 5.55. The molecule has 1 atom stereocenters. The minimum atomic E-state index is -1.62. The van der Waals surface area contributed by atoms with Crippen molar-refractivity contribution in [3.8, 4) is 5.75 Å². The number of benzene rings is 3. The first-order valence-corrected chi connectivity index (χ1v) is 12.8. The molecule has 3 aromatic rings. The van der Waals surface area contributed by atoms with Gasteiger partial charge in [0.1, 0.15) is 37.1 Å². The molecule has 3 saturated heterocycles. The highest BCUT2D eigenvalue weighted by atomic mass is 19.2. The van der Waals surface area contributed by atoms with Gasteiger partial charge in [0.15, 0.2) is 23.6 Å². The lowest BCUT2D eigenvalue weighted by Crippen LogP contribution is -2.65. The van der Waals surface area contributed by atoms with Gasteiger partial charge in [0.2, 0.25) is 0 Å². The van der Waals surface area contributed by atoms with Crippen molar-refractivity contribution in [2.75, 3.05) is 37.7 Å². The SMILES string of the molecule is O=C(OC1C[N+]2(CCOc3ccc(F)cc3)CCC1CC2)N(Cc1cc(F)c(F)c(F)c1)c1ccccc1F. The fraction of sp³-hybridized carbons (Fsp3) is 0.345. The molecule has 0 spiro atoms. The van der Waals surface area contributed by atoms with Crippen LogP contribution in [0.3, 0.4) is 0 Å². The summed E-state index contributed by atoms with van der Waals surface area (Å²) in [4.78, 5) is 14.4. The van der Waals surface area contributed by atoms with Crippen LogP contribution in [-0.2, 0) is 11.3 Å². The van der Waals surface area contributed by atoms with Gasteiger partial charge >= 0.3 is 6.09 Å². The third kappa shape index (κ3) is 6.00. The second-order valence-electron chi connectivity index (χ2n) is 10.2. The number of ether oxygens (including phenoxy) is 2. The van der Waals surface area contributed by atoms with Crippen molar-refractivity contribution >= 4 is 11.8 Å². The average molecular weight is 548 g/mol. The molecule has 1 amide bonds. The molecule has 2 bridgehead atoms. The minimum absolute atomic E-state index is 0.0537. The van der Waals surface area contributed by atoms with Gasteiger partial charge < -0.3 is 14.0 Å². The van der Waals surface area contributed by atoms with Crippen LogP contribution in [-0.4, -0.2) is 49.5 Å². The summed E-state index contributed by atoms with van der Waals surface area (Å²) in [5.74, 6) is -4.78. The van der Waals surface area contributed by atoms with E-state index in [0.717, 1.165) is 49.0 Å². The highest BCUT2D eigenvalue weighted by molar-refractivity contribution is 5.87. The molecule has 39 heavy (non-hydrogen) atoms. The zero-order valence-corrected chi connectivity index (χ0v) is 21.1. The lowest BCUT2D eigenvalue weighted by atomic mass is 9.83. The van der Waals surface area contributed by atoms with Crippen LogP contribution in [0.25, 0.3) is 0 Å². The molecule has 6 rings (SSSR count). The Labute approximate surface area is 222 Å². The van der Waals surface area contributed by atoms with Crippen LogP contribution in [0.5, 0.6) is 5.75 Å². The summed E-state index contributed by atoms with van der Waals surface area (Å²) in [6.07, 6.45) is 0.372. The first kappa shape index (κ1) is 26.9. The third-order valence-corrected chi connectivity index (χ3v) is 7.69. The summed E-state index contributed by atoms with van der Waals surface area (Å²) in [5.41, 5.74) is -0.174. The molecule has 0 aromatic heterocycles. The number of amides is 1. The largest absolute Gasteiger partial charge is 0.488 e. The van der Waals surface area contributed by atoms with E-state index in [-0.39, 0.29) is 23.0 Å². The van der Waals surface area contributed by atoms with Crippen LogP contribution < -0.4 is 9.64 Å². The zero-order valence-electron chi connectivity index (χ0n) is 21.1.